The van der Waals surface area contributed by atoms with E-state index in [4.69, 9.17) is 55.7 Å². The third-order valence-electron chi connectivity index (χ3n) is 8.30. The molecule has 0 bridgehead atoms. The van der Waals surface area contributed by atoms with Crippen LogP contribution < -0.4 is 88.4 Å². The van der Waals surface area contributed by atoms with Crippen LogP contribution in [0, 0.1) is 0 Å². The Kier molecular flexibility index (Phi) is 65.1. The molecule has 0 saturated heterocycles. The Morgan fingerprint density at radius 3 is 0.406 bits per heavy atom. The number of carboxylic acid groups (broad SMARTS) is 4. The molecule has 0 aromatic heterocycles. The largest absolute Gasteiger partial charge is 0 e. The number of carboxylic acids is 4. The summed E-state index contributed by atoms with van der Waals surface area (Å²) in [6, 6.07) is 0. The average molecular weight is 1730 g/mol. The van der Waals surface area contributed by atoms with Gasteiger partial charge in [-0.1, -0.05) is 0 Å². The van der Waals surface area contributed by atoms with Crippen LogP contribution in [0.25, 0.3) is 0 Å². The molecular formula is C48H76N16O40SnTc. The quantitative estimate of drug-likeness (QED) is 0.0153. The van der Waals surface area contributed by atoms with Gasteiger partial charge in [-0.3, -0.25) is 78.8 Å². The molecule has 58 heteroatoms. The fraction of sp³-hybridized carbons (Fsp3) is 0.500. The maximum Gasteiger partial charge on any atom is 0 e. The fourth-order valence-corrected chi connectivity index (χ4v) is 9.32. The van der Waals surface area contributed by atoms with Crippen LogP contribution in [0.2, 0.25) is 0 Å². The van der Waals surface area contributed by atoms with E-state index >= 15 is 0 Å². The first kappa shape index (κ1) is 105. The molecule has 1 radical (unpaired) electrons. The smallest absolute Gasteiger partial charge is 0 e. The number of amides is 8. The van der Waals surface area contributed by atoms with Gasteiger partial charge in [0.2, 0.25) is 0 Å². The first-order chi connectivity index (χ1) is 48.9. The summed E-state index contributed by atoms with van der Waals surface area (Å²) in [7, 11) is 0. The number of aliphatic carboxylic acids is 4. The van der Waals surface area contributed by atoms with Crippen LogP contribution >= 0.6 is 0 Å². The fourth-order valence-electron chi connectivity index (χ4n) is 4.60. The number of ether oxygens (including phenoxy) is 8. The molecule has 0 rings (SSSR count). The van der Waals surface area contributed by atoms with E-state index < -0.39 is 268 Å². The monoisotopic (exact) mass is 1730 g/mol. The van der Waals surface area contributed by atoms with E-state index in [0.717, 1.165) is 0 Å². The summed E-state index contributed by atoms with van der Waals surface area (Å²) in [5, 5.41) is 50.6. The molecule has 0 aliphatic rings. The Morgan fingerprint density at radius 1 is 0.198 bits per heavy atom. The SMILES string of the molecule is NC(=O)COC(=O)CNCC(=O)O.NC(=O)COC(=O)CNCC(=O)O.NC(=O)COC(=O)CNCC(=O)O.NC(=O)COC(=O)CNCC(=O)O.NC(=O)COC(=O)CNCC(=O)[O][Sn]([O]C(=O)CNCC(=O)OCC(N)=O)([O]C(=O)CNCC(=O)OCC(N)=O)[O]C(=O)CNCC(=O)OCC(N)=O.[Tc]. The summed E-state index contributed by atoms with van der Waals surface area (Å²) >= 11 is -6.76. The van der Waals surface area contributed by atoms with E-state index in [2.05, 4.69) is 103 Å². The van der Waals surface area contributed by atoms with Gasteiger partial charge in [0.15, 0.2) is 26.4 Å². The van der Waals surface area contributed by atoms with Crippen LogP contribution in [0.5, 0.6) is 0 Å². The van der Waals surface area contributed by atoms with Gasteiger partial charge in [-0.15, -0.1) is 0 Å². The topological polar surface area (TPSA) is 906 Å². The minimum atomic E-state index is -6.76. The molecule has 599 valence electrons. The van der Waals surface area contributed by atoms with E-state index in [9.17, 15) is 115 Å². The first-order valence-electron chi connectivity index (χ1n) is 27.8. The summed E-state index contributed by atoms with van der Waals surface area (Å²) < 4.78 is 55.4. The molecule has 0 aliphatic heterocycles. The molecule has 0 aliphatic carbocycles. The molecule has 8 amide bonds. The zero-order valence-corrected chi connectivity index (χ0v) is 59.7. The van der Waals surface area contributed by atoms with Crippen molar-refractivity contribution in [3.05, 3.63) is 0 Å². The second-order valence-electron chi connectivity index (χ2n) is 17.8. The summed E-state index contributed by atoms with van der Waals surface area (Å²) in [5.74, 6) is -24.4. The third-order valence-corrected chi connectivity index (χ3v) is 13.7. The molecule has 0 aromatic carbocycles. The van der Waals surface area contributed by atoms with Crippen molar-refractivity contribution in [1.82, 2.24) is 42.5 Å². The molecule has 106 heavy (non-hydrogen) atoms. The molecule has 0 fully saturated rings. The van der Waals surface area contributed by atoms with E-state index in [1.165, 1.54) is 0 Å². The van der Waals surface area contributed by atoms with Crippen molar-refractivity contribution >= 4 is 163 Å². The predicted molar refractivity (Wildman–Crippen MR) is 325 cm³/mol. The number of carbonyl (C=O) groups excluding carboxylic acids is 20. The Labute approximate surface area is 612 Å². The van der Waals surface area contributed by atoms with Crippen molar-refractivity contribution in [1.29, 1.82) is 0 Å². The van der Waals surface area contributed by atoms with E-state index in [-0.39, 0.29) is 72.5 Å². The average Bonchev–Trinajstić information content (AvgIpc) is 0.827. The van der Waals surface area contributed by atoms with Gasteiger partial charge in [-0.25, -0.2) is 0 Å². The third kappa shape index (κ3) is 83.1. The van der Waals surface area contributed by atoms with Crippen molar-refractivity contribution in [3.63, 3.8) is 0 Å². The van der Waals surface area contributed by atoms with E-state index in [1.54, 1.807) is 0 Å². The van der Waals surface area contributed by atoms with Crippen molar-refractivity contribution < 1.29 is 206 Å². The number of hydrogen-bond donors (Lipinski definition) is 20. The number of carbonyl (C=O) groups is 24. The first-order valence-corrected chi connectivity index (χ1v) is 32.5. The predicted octanol–water partition coefficient (Wildman–Crippen LogP) is -19.2. The number of rotatable bonds is 52. The van der Waals surface area contributed by atoms with Gasteiger partial charge in [-0.05, 0) is 0 Å². The molecule has 0 unspecified atom stereocenters. The minimum Gasteiger partial charge on any atom is 0 e. The molecule has 0 spiro atoms. The molecule has 28 N–H and O–H groups in total. The van der Waals surface area contributed by atoms with Gasteiger partial charge in [0.25, 0.3) is 23.6 Å². The number of esters is 8. The van der Waals surface area contributed by atoms with Gasteiger partial charge in [-0.2, -0.15) is 0 Å². The van der Waals surface area contributed by atoms with Crippen molar-refractivity contribution in [3.8, 4) is 0 Å². The minimum absolute atomic E-state index is 0. The van der Waals surface area contributed by atoms with Crippen LogP contribution in [0.15, 0.2) is 0 Å². The second-order valence-corrected chi connectivity index (χ2v) is 23.0. The molecule has 0 aromatic rings. The molecule has 0 saturated carbocycles. The maximum absolute atomic E-state index is 12.8. The van der Waals surface area contributed by atoms with Crippen LogP contribution in [0.4, 0.5) is 0 Å². The molecular weight excluding hydrogens is 1660 g/mol. The summed E-state index contributed by atoms with van der Waals surface area (Å²) in [5.41, 5.74) is 38.2. The summed E-state index contributed by atoms with van der Waals surface area (Å²) in [4.78, 5) is 264. The van der Waals surface area contributed by atoms with Crippen LogP contribution in [-0.2, 0) is 185 Å². The van der Waals surface area contributed by atoms with Gasteiger partial charge in [0, 0.05) is 20.1 Å². The zero-order valence-electron chi connectivity index (χ0n) is 55.0. The number of hydrogen-bond acceptors (Lipinski definition) is 44. The number of nitrogens with one attached hydrogen (secondary N) is 8. The van der Waals surface area contributed by atoms with Crippen molar-refractivity contribution in [2.24, 2.45) is 45.9 Å². The molecule has 56 nitrogen and oxygen atoms in total. The summed E-state index contributed by atoms with van der Waals surface area (Å²) in [6.45, 7) is -14.3. The standard InChI is InChI=1S/8C6H10N2O5.Sn.Tc/c8*7-4(9)3-13-6(12)2-8-1-5(10)11;;/h8*8H,1-3H2,(H2,7,9)(H,10,11);;/q;;;;;;;;+4;/p-4. The Hall–Kier alpha value is -11.6. The summed E-state index contributed by atoms with van der Waals surface area (Å²) in [6.07, 6.45) is 0. The van der Waals surface area contributed by atoms with Crippen molar-refractivity contribution in [2.45, 2.75) is 0 Å². The van der Waals surface area contributed by atoms with Gasteiger partial charge in [0.05, 0.1) is 52.4 Å². The zero-order chi connectivity index (χ0) is 81.5. The molecule has 0 heterocycles. The van der Waals surface area contributed by atoms with E-state index in [0.29, 0.717) is 0 Å². The van der Waals surface area contributed by atoms with Gasteiger partial charge >= 0.3 is 351 Å². The Bertz CT molecular complexity index is 2630. The Balaban J connectivity index is -0.000000374. The van der Waals surface area contributed by atoms with E-state index in [1.807, 2.05) is 0 Å². The maximum atomic E-state index is 12.8. The Morgan fingerprint density at radius 2 is 0.302 bits per heavy atom. The van der Waals surface area contributed by atoms with Gasteiger partial charge < -0.3 is 62.3 Å². The number of nitrogens with two attached hydrogens (primary N) is 8. The van der Waals surface area contributed by atoms with Gasteiger partial charge in [0.1, 0.15) is 0 Å². The number of primary amides is 8. The molecule has 0 atom stereocenters. The van der Waals surface area contributed by atoms with Crippen LogP contribution in [0.3, 0.4) is 0 Å². The van der Waals surface area contributed by atoms with Crippen LogP contribution in [-0.4, -0.2) is 341 Å². The van der Waals surface area contributed by atoms with Crippen LogP contribution in [0.1, 0.15) is 0 Å². The second kappa shape index (κ2) is 65.4. The normalized spacial score (nSPS) is 9.74. The van der Waals surface area contributed by atoms with Crippen molar-refractivity contribution in [2.75, 3.05) is 158 Å².